The summed E-state index contributed by atoms with van der Waals surface area (Å²) in [6, 6.07) is 5.72. The first-order valence-corrected chi connectivity index (χ1v) is 5.97. The topological polar surface area (TPSA) is 105 Å². The third-order valence-electron chi connectivity index (χ3n) is 2.47. The fourth-order valence-electron chi connectivity index (χ4n) is 1.66. The highest BCUT2D eigenvalue weighted by molar-refractivity contribution is 5.96. The van der Waals surface area contributed by atoms with Gasteiger partial charge < -0.3 is 20.5 Å². The number of hydrogen-bond acceptors (Lipinski definition) is 4. The van der Waals surface area contributed by atoms with Gasteiger partial charge in [-0.25, -0.2) is 0 Å². The second-order valence-corrected chi connectivity index (χ2v) is 3.90. The molecule has 0 aliphatic carbocycles. The van der Waals surface area contributed by atoms with Crippen LogP contribution in [0.15, 0.2) is 23.2 Å². The van der Waals surface area contributed by atoms with Crippen LogP contribution in [0, 0.1) is 5.41 Å². The van der Waals surface area contributed by atoms with Crippen molar-refractivity contribution in [3.63, 3.8) is 0 Å². The van der Waals surface area contributed by atoms with Gasteiger partial charge in [0.1, 0.15) is 0 Å². The lowest BCUT2D eigenvalue weighted by Gasteiger charge is -2.11. The third-order valence-corrected chi connectivity index (χ3v) is 2.47. The molecule has 1 aromatic rings. The fourth-order valence-corrected chi connectivity index (χ4v) is 1.66. The summed E-state index contributed by atoms with van der Waals surface area (Å²) in [5.41, 5.74) is 6.31. The number of nitrogens with zero attached hydrogens (tertiary/aromatic N) is 1. The Bertz CT molecular complexity index is 501. The molecule has 19 heavy (non-hydrogen) atoms. The van der Waals surface area contributed by atoms with Crippen LogP contribution in [0.1, 0.15) is 12.5 Å². The van der Waals surface area contributed by atoms with Gasteiger partial charge in [-0.3, -0.25) is 15.7 Å². The van der Waals surface area contributed by atoms with Crippen LogP contribution in [0.2, 0.25) is 0 Å². The van der Waals surface area contributed by atoms with E-state index in [1.807, 2.05) is 25.1 Å². The number of nitrogens with one attached hydrogen (secondary N) is 3. The fraction of sp³-hybridized carbons (Fsp3) is 0.333. The Kier molecular flexibility index (Phi) is 4.07. The monoisotopic (exact) mass is 263 g/mol. The van der Waals surface area contributed by atoms with Crippen LogP contribution in [0.3, 0.4) is 0 Å². The molecule has 5 N–H and O–H groups in total. The van der Waals surface area contributed by atoms with Crippen molar-refractivity contribution in [2.75, 3.05) is 13.3 Å². The molecule has 0 unspecified atom stereocenters. The number of benzene rings is 1. The Balaban J connectivity index is 1.97. The Morgan fingerprint density at radius 2 is 2.21 bits per heavy atom. The molecular formula is C12H17N5O2. The minimum atomic E-state index is -0.148. The summed E-state index contributed by atoms with van der Waals surface area (Å²) in [5, 5.41) is 12.9. The molecular weight excluding hydrogens is 246 g/mol. The minimum absolute atomic E-state index is 0.148. The zero-order valence-electron chi connectivity index (χ0n) is 10.7. The number of hydrogen-bond donors (Lipinski definition) is 4. The highest BCUT2D eigenvalue weighted by Crippen LogP contribution is 2.32. The molecule has 0 spiro atoms. The van der Waals surface area contributed by atoms with Crippen LogP contribution in [0.5, 0.6) is 11.5 Å². The molecule has 0 amide bonds. The van der Waals surface area contributed by atoms with Crippen LogP contribution in [0.4, 0.5) is 0 Å². The van der Waals surface area contributed by atoms with E-state index < -0.39 is 0 Å². The highest BCUT2D eigenvalue weighted by atomic mass is 16.7. The first-order valence-electron chi connectivity index (χ1n) is 5.97. The summed E-state index contributed by atoms with van der Waals surface area (Å²) in [5.74, 6) is 1.83. The molecule has 0 saturated carbocycles. The predicted octanol–water partition coefficient (Wildman–Crippen LogP) is 0.364. The van der Waals surface area contributed by atoms with Crippen molar-refractivity contribution in [3.05, 3.63) is 23.8 Å². The van der Waals surface area contributed by atoms with E-state index in [-0.39, 0.29) is 12.8 Å². The summed E-state index contributed by atoms with van der Waals surface area (Å²) < 4.78 is 10.6. The first kappa shape index (κ1) is 13.0. The van der Waals surface area contributed by atoms with Crippen LogP contribution in [-0.2, 0) is 6.54 Å². The van der Waals surface area contributed by atoms with Gasteiger partial charge in [-0.2, -0.15) is 0 Å². The Morgan fingerprint density at radius 3 is 2.95 bits per heavy atom. The summed E-state index contributed by atoms with van der Waals surface area (Å²) in [7, 11) is 0. The zero-order chi connectivity index (χ0) is 13.7. The summed E-state index contributed by atoms with van der Waals surface area (Å²) >= 11 is 0. The SMILES string of the molecule is CC/N=C(\NCc1ccc2c(c1)OCO2)NC(=N)N. The molecule has 0 radical (unpaired) electrons. The summed E-state index contributed by atoms with van der Waals surface area (Å²) in [4.78, 5) is 4.17. The number of nitrogens with two attached hydrogens (primary N) is 1. The molecule has 0 aromatic heterocycles. The van der Waals surface area contributed by atoms with Gasteiger partial charge in [-0.1, -0.05) is 6.07 Å². The van der Waals surface area contributed by atoms with E-state index in [2.05, 4.69) is 15.6 Å². The molecule has 102 valence electrons. The average molecular weight is 263 g/mol. The van der Waals surface area contributed by atoms with Crippen molar-refractivity contribution >= 4 is 11.9 Å². The number of aliphatic imine (C=N–C) groups is 1. The van der Waals surface area contributed by atoms with Crippen molar-refractivity contribution in [2.45, 2.75) is 13.5 Å². The standard InChI is InChI=1S/C12H17N5O2/c1-2-15-12(17-11(13)14)16-6-8-3-4-9-10(5-8)19-7-18-9/h3-5H,2,6-7H2,1H3,(H5,13,14,15,16,17). The zero-order valence-corrected chi connectivity index (χ0v) is 10.7. The molecule has 1 aliphatic heterocycles. The lowest BCUT2D eigenvalue weighted by atomic mass is 10.2. The minimum Gasteiger partial charge on any atom is -0.454 e. The molecule has 1 aliphatic rings. The molecule has 0 fully saturated rings. The van der Waals surface area contributed by atoms with Gasteiger partial charge in [-0.05, 0) is 24.6 Å². The normalized spacial score (nSPS) is 13.2. The molecule has 2 rings (SSSR count). The van der Waals surface area contributed by atoms with E-state index in [1.54, 1.807) is 0 Å². The van der Waals surface area contributed by atoms with E-state index >= 15 is 0 Å². The smallest absolute Gasteiger partial charge is 0.231 e. The van der Waals surface area contributed by atoms with E-state index in [4.69, 9.17) is 20.6 Å². The molecule has 1 aromatic carbocycles. The molecule has 0 bridgehead atoms. The van der Waals surface area contributed by atoms with Gasteiger partial charge in [0.25, 0.3) is 0 Å². The van der Waals surface area contributed by atoms with E-state index in [1.165, 1.54) is 0 Å². The molecule has 7 nitrogen and oxygen atoms in total. The van der Waals surface area contributed by atoms with Crippen molar-refractivity contribution in [1.82, 2.24) is 10.6 Å². The second kappa shape index (κ2) is 5.94. The second-order valence-electron chi connectivity index (χ2n) is 3.90. The lowest BCUT2D eigenvalue weighted by Crippen LogP contribution is -2.43. The molecule has 0 atom stereocenters. The number of fused-ring (bicyclic) bond motifs is 1. The van der Waals surface area contributed by atoms with Crippen molar-refractivity contribution in [2.24, 2.45) is 10.7 Å². The van der Waals surface area contributed by atoms with Crippen molar-refractivity contribution in [3.8, 4) is 11.5 Å². The van der Waals surface area contributed by atoms with E-state index in [0.29, 0.717) is 19.0 Å². The quantitative estimate of drug-likeness (QED) is 0.465. The van der Waals surface area contributed by atoms with Crippen LogP contribution < -0.4 is 25.8 Å². The number of rotatable bonds is 3. The average Bonchev–Trinajstić information content (AvgIpc) is 2.83. The molecule has 7 heteroatoms. The van der Waals surface area contributed by atoms with E-state index in [9.17, 15) is 0 Å². The summed E-state index contributed by atoms with van der Waals surface area (Å²) in [6.07, 6.45) is 0. The predicted molar refractivity (Wildman–Crippen MR) is 72.4 cm³/mol. The first-order chi connectivity index (χ1) is 9.19. The Labute approximate surface area is 111 Å². The summed E-state index contributed by atoms with van der Waals surface area (Å²) in [6.45, 7) is 3.32. The van der Waals surface area contributed by atoms with Crippen molar-refractivity contribution < 1.29 is 9.47 Å². The molecule has 1 heterocycles. The van der Waals surface area contributed by atoms with E-state index in [0.717, 1.165) is 17.1 Å². The maximum absolute atomic E-state index is 7.20. The van der Waals surface area contributed by atoms with Crippen LogP contribution in [-0.4, -0.2) is 25.3 Å². The lowest BCUT2D eigenvalue weighted by molar-refractivity contribution is 0.174. The third kappa shape index (κ3) is 3.51. The van der Waals surface area contributed by atoms with Crippen LogP contribution >= 0.6 is 0 Å². The van der Waals surface area contributed by atoms with Gasteiger partial charge in [0, 0.05) is 13.1 Å². The Morgan fingerprint density at radius 1 is 1.42 bits per heavy atom. The number of guanidine groups is 2. The Hall–Kier alpha value is -2.44. The maximum atomic E-state index is 7.20. The van der Waals surface area contributed by atoms with Gasteiger partial charge in [0.05, 0.1) is 0 Å². The van der Waals surface area contributed by atoms with Crippen molar-refractivity contribution in [1.29, 1.82) is 5.41 Å². The highest BCUT2D eigenvalue weighted by Gasteiger charge is 2.13. The van der Waals surface area contributed by atoms with Gasteiger partial charge in [-0.15, -0.1) is 0 Å². The number of ether oxygens (including phenoxy) is 2. The molecule has 0 saturated heterocycles. The van der Waals surface area contributed by atoms with Gasteiger partial charge >= 0.3 is 0 Å². The van der Waals surface area contributed by atoms with Gasteiger partial charge in [0.2, 0.25) is 6.79 Å². The van der Waals surface area contributed by atoms with Gasteiger partial charge in [0.15, 0.2) is 23.4 Å². The van der Waals surface area contributed by atoms with Crippen LogP contribution in [0.25, 0.3) is 0 Å². The maximum Gasteiger partial charge on any atom is 0.231 e. The largest absolute Gasteiger partial charge is 0.454 e.